The van der Waals surface area contributed by atoms with E-state index in [0.717, 1.165) is 17.7 Å². The fourth-order valence-corrected chi connectivity index (χ4v) is 3.14. The highest BCUT2D eigenvalue weighted by atomic mass is 19.4. The number of rotatable bonds is 6. The highest BCUT2D eigenvalue weighted by Gasteiger charge is 2.30. The van der Waals surface area contributed by atoms with Crippen molar-refractivity contribution >= 4 is 17.4 Å². The van der Waals surface area contributed by atoms with Gasteiger partial charge >= 0.3 is 6.18 Å². The molecule has 8 heteroatoms. The fraction of sp³-hybridized carbons (Fsp3) is 0.130. The van der Waals surface area contributed by atoms with Gasteiger partial charge in [-0.05, 0) is 29.8 Å². The maximum absolute atomic E-state index is 12.9. The number of nitrogens with zero attached hydrogens (tertiary/aromatic N) is 2. The molecule has 0 unspecified atom stereocenters. The summed E-state index contributed by atoms with van der Waals surface area (Å²) in [4.78, 5) is 17.0. The van der Waals surface area contributed by atoms with Crippen molar-refractivity contribution in [3.05, 3.63) is 90.1 Å². The lowest BCUT2D eigenvalue weighted by atomic mass is 10.1. The highest BCUT2D eigenvalue weighted by molar-refractivity contribution is 5.95. The zero-order valence-corrected chi connectivity index (χ0v) is 16.3. The molecule has 0 aliphatic heterocycles. The second kappa shape index (κ2) is 8.61. The number of anilines is 1. The molecule has 1 amide bonds. The van der Waals surface area contributed by atoms with Crippen LogP contribution in [0.15, 0.2) is 79.0 Å². The number of ether oxygens (including phenoxy) is 1. The first-order chi connectivity index (χ1) is 14.9. The molecule has 0 bridgehead atoms. The Morgan fingerprint density at radius 1 is 0.968 bits per heavy atom. The minimum absolute atomic E-state index is 0.179. The summed E-state index contributed by atoms with van der Waals surface area (Å²) < 4.78 is 45.8. The first kappa shape index (κ1) is 20.6. The van der Waals surface area contributed by atoms with Gasteiger partial charge in [-0.15, -0.1) is 0 Å². The van der Waals surface area contributed by atoms with Gasteiger partial charge in [0.2, 0.25) is 0 Å². The van der Waals surface area contributed by atoms with E-state index in [4.69, 9.17) is 4.74 Å². The van der Waals surface area contributed by atoms with Crippen LogP contribution in [0, 0.1) is 0 Å². The van der Waals surface area contributed by atoms with Crippen molar-refractivity contribution in [1.82, 2.24) is 9.38 Å². The first-order valence-corrected chi connectivity index (χ1v) is 9.48. The molecular weight excluding hydrogens is 407 g/mol. The molecule has 2 aromatic heterocycles. The number of amides is 1. The van der Waals surface area contributed by atoms with Crippen molar-refractivity contribution < 1.29 is 22.7 Å². The van der Waals surface area contributed by atoms with Crippen LogP contribution in [-0.4, -0.2) is 21.9 Å². The summed E-state index contributed by atoms with van der Waals surface area (Å²) >= 11 is 0. The zero-order chi connectivity index (χ0) is 21.8. The Labute approximate surface area is 176 Å². The summed E-state index contributed by atoms with van der Waals surface area (Å²) in [5.41, 5.74) is 1.57. The number of carbonyl (C=O) groups excluding carboxylic acids is 1. The number of aromatic nitrogens is 2. The molecule has 1 N–H and O–H groups in total. The second-order valence-corrected chi connectivity index (χ2v) is 6.84. The average molecular weight is 425 g/mol. The quantitative estimate of drug-likeness (QED) is 0.463. The van der Waals surface area contributed by atoms with Crippen LogP contribution >= 0.6 is 0 Å². The van der Waals surface area contributed by atoms with E-state index in [1.165, 1.54) is 12.1 Å². The van der Waals surface area contributed by atoms with Crippen LogP contribution in [0.4, 0.5) is 19.0 Å². The van der Waals surface area contributed by atoms with Crippen molar-refractivity contribution in [2.45, 2.75) is 12.8 Å². The molecule has 158 valence electrons. The number of hydrogen-bond donors (Lipinski definition) is 1. The number of imidazole rings is 1. The lowest BCUT2D eigenvalue weighted by molar-refractivity contribution is -0.137. The summed E-state index contributed by atoms with van der Waals surface area (Å²) in [6.07, 6.45) is -2.71. The summed E-state index contributed by atoms with van der Waals surface area (Å²) in [6.45, 7) is 0.106. The average Bonchev–Trinajstić information content (AvgIpc) is 3.12. The van der Waals surface area contributed by atoms with Crippen LogP contribution in [0.3, 0.4) is 0 Å². The van der Waals surface area contributed by atoms with Gasteiger partial charge < -0.3 is 10.1 Å². The number of fused-ring (bicyclic) bond motifs is 1. The Kier molecular flexibility index (Phi) is 5.73. The topological polar surface area (TPSA) is 55.6 Å². The van der Waals surface area contributed by atoms with Crippen molar-refractivity contribution in [3.8, 4) is 11.3 Å². The Bertz CT molecular complexity index is 1190. The van der Waals surface area contributed by atoms with Gasteiger partial charge in [-0.1, -0.05) is 48.5 Å². The summed E-state index contributed by atoms with van der Waals surface area (Å²) in [7, 11) is 0. The minimum atomic E-state index is -4.43. The number of pyridine rings is 1. The molecule has 0 aliphatic rings. The molecule has 4 rings (SSSR count). The maximum atomic E-state index is 12.9. The van der Waals surface area contributed by atoms with Crippen LogP contribution in [0.1, 0.15) is 11.1 Å². The predicted molar refractivity (Wildman–Crippen MR) is 110 cm³/mol. The molecule has 2 aromatic carbocycles. The number of nitrogens with one attached hydrogen (secondary N) is 1. The van der Waals surface area contributed by atoms with Gasteiger partial charge in [-0.2, -0.15) is 13.2 Å². The molecule has 2 heterocycles. The van der Waals surface area contributed by atoms with Crippen molar-refractivity contribution in [3.63, 3.8) is 0 Å². The van der Waals surface area contributed by atoms with Gasteiger partial charge in [0.25, 0.3) is 5.91 Å². The standard InChI is InChI=1S/C23H18F3N3O2/c24-23(25,26)18-11-9-17(10-12-18)21-22(29-13-5-4-8-19(29)27-21)28-20(30)15-31-14-16-6-2-1-3-7-16/h1-13H,14-15H2,(H,28,30). The van der Waals surface area contributed by atoms with E-state index in [-0.39, 0.29) is 13.2 Å². The Hall–Kier alpha value is -3.65. The molecule has 0 aliphatic carbocycles. The first-order valence-electron chi connectivity index (χ1n) is 9.48. The number of benzene rings is 2. The molecule has 0 saturated carbocycles. The molecule has 4 aromatic rings. The fourth-order valence-electron chi connectivity index (χ4n) is 3.14. The van der Waals surface area contributed by atoms with Gasteiger partial charge in [0.15, 0.2) is 0 Å². The second-order valence-electron chi connectivity index (χ2n) is 6.84. The van der Waals surface area contributed by atoms with Gasteiger partial charge in [-0.3, -0.25) is 9.20 Å². The zero-order valence-electron chi connectivity index (χ0n) is 16.3. The van der Waals surface area contributed by atoms with Crippen molar-refractivity contribution in [2.24, 2.45) is 0 Å². The molecular formula is C23H18F3N3O2. The van der Waals surface area contributed by atoms with Crippen LogP contribution in [-0.2, 0) is 22.3 Å². The third-order valence-corrected chi connectivity index (χ3v) is 4.62. The van der Waals surface area contributed by atoms with Gasteiger partial charge in [0.1, 0.15) is 23.8 Å². The van der Waals surface area contributed by atoms with E-state index >= 15 is 0 Å². The number of hydrogen-bond acceptors (Lipinski definition) is 3. The molecule has 0 saturated heterocycles. The predicted octanol–water partition coefficient (Wildman–Crippen LogP) is 5.18. The Morgan fingerprint density at radius 2 is 1.68 bits per heavy atom. The molecule has 0 radical (unpaired) electrons. The van der Waals surface area contributed by atoms with E-state index in [0.29, 0.717) is 22.7 Å². The van der Waals surface area contributed by atoms with Crippen LogP contribution < -0.4 is 5.32 Å². The SMILES string of the molecule is O=C(COCc1ccccc1)Nc1c(-c2ccc(C(F)(F)F)cc2)nc2ccccn12. The summed E-state index contributed by atoms with van der Waals surface area (Å²) in [5, 5.41) is 2.78. The van der Waals surface area contributed by atoms with Crippen LogP contribution in [0.5, 0.6) is 0 Å². The van der Waals surface area contributed by atoms with E-state index in [1.54, 1.807) is 28.8 Å². The van der Waals surface area contributed by atoms with Gasteiger partial charge in [0, 0.05) is 11.8 Å². The smallest absolute Gasteiger partial charge is 0.367 e. The number of carbonyl (C=O) groups is 1. The minimum Gasteiger partial charge on any atom is -0.367 e. The van der Waals surface area contributed by atoms with Gasteiger partial charge in [0.05, 0.1) is 12.2 Å². The largest absolute Gasteiger partial charge is 0.416 e. The van der Waals surface area contributed by atoms with E-state index in [9.17, 15) is 18.0 Å². The highest BCUT2D eigenvalue weighted by Crippen LogP contribution is 2.33. The molecule has 5 nitrogen and oxygen atoms in total. The normalized spacial score (nSPS) is 11.6. The molecule has 0 fully saturated rings. The third-order valence-electron chi connectivity index (χ3n) is 4.62. The van der Waals surface area contributed by atoms with Crippen LogP contribution in [0.2, 0.25) is 0 Å². The Balaban J connectivity index is 1.56. The summed E-state index contributed by atoms with van der Waals surface area (Å²) in [5.74, 6) is -0.0292. The number of alkyl halides is 3. The van der Waals surface area contributed by atoms with E-state index < -0.39 is 17.6 Å². The van der Waals surface area contributed by atoms with Gasteiger partial charge in [-0.25, -0.2) is 4.98 Å². The van der Waals surface area contributed by atoms with E-state index in [2.05, 4.69) is 10.3 Å². The Morgan fingerprint density at radius 3 is 2.39 bits per heavy atom. The lowest BCUT2D eigenvalue weighted by Crippen LogP contribution is -2.19. The molecule has 31 heavy (non-hydrogen) atoms. The summed E-state index contributed by atoms with van der Waals surface area (Å²) in [6, 6.07) is 19.4. The van der Waals surface area contributed by atoms with E-state index in [1.807, 2.05) is 30.3 Å². The van der Waals surface area contributed by atoms with Crippen molar-refractivity contribution in [2.75, 3.05) is 11.9 Å². The molecule has 0 spiro atoms. The lowest BCUT2D eigenvalue weighted by Gasteiger charge is -2.10. The van der Waals surface area contributed by atoms with Crippen LogP contribution in [0.25, 0.3) is 16.9 Å². The molecule has 0 atom stereocenters. The number of halogens is 3. The third kappa shape index (κ3) is 4.75. The van der Waals surface area contributed by atoms with Crippen molar-refractivity contribution in [1.29, 1.82) is 0 Å². The maximum Gasteiger partial charge on any atom is 0.416 e. The monoisotopic (exact) mass is 425 g/mol.